The molecule has 0 spiro atoms. The van der Waals surface area contributed by atoms with Gasteiger partial charge in [-0.3, -0.25) is 0 Å². The number of nitrogens with zero attached hydrogens (tertiary/aromatic N) is 2. The van der Waals surface area contributed by atoms with Gasteiger partial charge in [0, 0.05) is 18.9 Å². The SMILES string of the molecule is Cc1ccc(CCc2nc(C(C)CN)no2)cc1. The Morgan fingerprint density at radius 1 is 1.22 bits per heavy atom. The van der Waals surface area contributed by atoms with E-state index >= 15 is 0 Å². The largest absolute Gasteiger partial charge is 0.339 e. The summed E-state index contributed by atoms with van der Waals surface area (Å²) in [6.07, 6.45) is 1.69. The summed E-state index contributed by atoms with van der Waals surface area (Å²) in [4.78, 5) is 4.36. The summed E-state index contributed by atoms with van der Waals surface area (Å²) in [7, 11) is 0. The van der Waals surface area contributed by atoms with E-state index in [0.29, 0.717) is 18.3 Å². The smallest absolute Gasteiger partial charge is 0.226 e. The van der Waals surface area contributed by atoms with Gasteiger partial charge < -0.3 is 10.3 Å². The van der Waals surface area contributed by atoms with E-state index in [2.05, 4.69) is 41.3 Å². The van der Waals surface area contributed by atoms with E-state index in [4.69, 9.17) is 10.3 Å². The van der Waals surface area contributed by atoms with Crippen LogP contribution in [0.1, 0.15) is 35.7 Å². The number of rotatable bonds is 5. The minimum absolute atomic E-state index is 0.155. The van der Waals surface area contributed by atoms with Crippen LogP contribution in [-0.4, -0.2) is 16.7 Å². The second-order valence-corrected chi connectivity index (χ2v) is 4.67. The summed E-state index contributed by atoms with van der Waals surface area (Å²) in [5.41, 5.74) is 8.13. The van der Waals surface area contributed by atoms with Crippen LogP contribution in [0.2, 0.25) is 0 Å². The van der Waals surface area contributed by atoms with Crippen molar-refractivity contribution in [3.63, 3.8) is 0 Å². The van der Waals surface area contributed by atoms with E-state index in [1.807, 2.05) is 6.92 Å². The summed E-state index contributed by atoms with van der Waals surface area (Å²) in [5.74, 6) is 1.55. The fraction of sp³-hybridized carbons (Fsp3) is 0.429. The Hall–Kier alpha value is -1.68. The van der Waals surface area contributed by atoms with E-state index in [9.17, 15) is 0 Å². The van der Waals surface area contributed by atoms with Crippen LogP contribution in [0.5, 0.6) is 0 Å². The van der Waals surface area contributed by atoms with E-state index in [1.54, 1.807) is 0 Å². The zero-order valence-electron chi connectivity index (χ0n) is 10.9. The molecule has 18 heavy (non-hydrogen) atoms. The lowest BCUT2D eigenvalue weighted by molar-refractivity contribution is 0.370. The number of hydrogen-bond donors (Lipinski definition) is 1. The summed E-state index contributed by atoms with van der Waals surface area (Å²) in [6.45, 7) is 4.62. The third-order valence-corrected chi connectivity index (χ3v) is 3.03. The Morgan fingerprint density at radius 3 is 2.61 bits per heavy atom. The van der Waals surface area contributed by atoms with Gasteiger partial charge in [0.2, 0.25) is 5.89 Å². The lowest BCUT2D eigenvalue weighted by atomic mass is 10.1. The first kappa shape index (κ1) is 12.8. The zero-order valence-corrected chi connectivity index (χ0v) is 10.9. The first-order chi connectivity index (χ1) is 8.69. The fourth-order valence-electron chi connectivity index (χ4n) is 1.68. The van der Waals surface area contributed by atoms with Gasteiger partial charge in [-0.05, 0) is 18.9 Å². The van der Waals surface area contributed by atoms with Gasteiger partial charge in [-0.25, -0.2) is 0 Å². The molecule has 0 radical (unpaired) electrons. The molecule has 1 aromatic carbocycles. The molecule has 0 aliphatic rings. The topological polar surface area (TPSA) is 64.9 Å². The second kappa shape index (κ2) is 5.78. The predicted octanol–water partition coefficient (Wildman–Crippen LogP) is 2.23. The van der Waals surface area contributed by atoms with Gasteiger partial charge in [0.15, 0.2) is 5.82 Å². The van der Waals surface area contributed by atoms with Crippen LogP contribution in [0, 0.1) is 6.92 Å². The van der Waals surface area contributed by atoms with Crippen molar-refractivity contribution in [1.82, 2.24) is 10.1 Å². The first-order valence-electron chi connectivity index (χ1n) is 6.27. The van der Waals surface area contributed by atoms with Crippen LogP contribution < -0.4 is 5.73 Å². The Balaban J connectivity index is 1.94. The molecule has 1 atom stereocenters. The highest BCUT2D eigenvalue weighted by atomic mass is 16.5. The van der Waals surface area contributed by atoms with E-state index in [-0.39, 0.29) is 5.92 Å². The molecule has 0 aliphatic carbocycles. The highest BCUT2D eigenvalue weighted by molar-refractivity contribution is 5.21. The van der Waals surface area contributed by atoms with Crippen LogP contribution in [0.4, 0.5) is 0 Å². The van der Waals surface area contributed by atoms with Crippen molar-refractivity contribution in [1.29, 1.82) is 0 Å². The maximum Gasteiger partial charge on any atom is 0.226 e. The summed E-state index contributed by atoms with van der Waals surface area (Å²) in [5, 5.41) is 3.95. The molecule has 0 amide bonds. The van der Waals surface area contributed by atoms with E-state index in [0.717, 1.165) is 12.8 Å². The van der Waals surface area contributed by atoms with Crippen LogP contribution in [-0.2, 0) is 12.8 Å². The molecule has 4 heteroatoms. The van der Waals surface area contributed by atoms with Gasteiger partial charge in [0.1, 0.15) is 0 Å². The monoisotopic (exact) mass is 245 g/mol. The minimum atomic E-state index is 0.155. The van der Waals surface area contributed by atoms with Crippen molar-refractivity contribution in [3.8, 4) is 0 Å². The molecule has 0 saturated carbocycles. The average Bonchev–Trinajstić information content (AvgIpc) is 2.86. The van der Waals surface area contributed by atoms with Crippen LogP contribution in [0.3, 0.4) is 0 Å². The molecular formula is C14H19N3O. The molecule has 0 bridgehead atoms. The summed E-state index contributed by atoms with van der Waals surface area (Å²) < 4.78 is 5.22. The average molecular weight is 245 g/mol. The zero-order chi connectivity index (χ0) is 13.0. The number of aromatic nitrogens is 2. The highest BCUT2D eigenvalue weighted by Gasteiger charge is 2.11. The van der Waals surface area contributed by atoms with Gasteiger partial charge in [0.25, 0.3) is 0 Å². The van der Waals surface area contributed by atoms with Crippen LogP contribution in [0.15, 0.2) is 28.8 Å². The molecule has 1 unspecified atom stereocenters. The van der Waals surface area contributed by atoms with Gasteiger partial charge in [-0.1, -0.05) is 41.9 Å². The van der Waals surface area contributed by atoms with Gasteiger partial charge in [0.05, 0.1) is 0 Å². The quantitative estimate of drug-likeness (QED) is 0.877. The lowest BCUT2D eigenvalue weighted by Gasteiger charge is -2.00. The van der Waals surface area contributed by atoms with Crippen molar-refractivity contribution in [2.45, 2.75) is 32.6 Å². The molecule has 0 fully saturated rings. The van der Waals surface area contributed by atoms with Crippen molar-refractivity contribution in [2.24, 2.45) is 5.73 Å². The Kier molecular flexibility index (Phi) is 4.10. The molecule has 96 valence electrons. The Bertz CT molecular complexity index is 490. The van der Waals surface area contributed by atoms with Crippen molar-refractivity contribution in [2.75, 3.05) is 6.54 Å². The van der Waals surface area contributed by atoms with Crippen LogP contribution >= 0.6 is 0 Å². The first-order valence-corrected chi connectivity index (χ1v) is 6.27. The van der Waals surface area contributed by atoms with Crippen molar-refractivity contribution >= 4 is 0 Å². The standard InChI is InChI=1S/C14H19N3O/c1-10-3-5-12(6-4-10)7-8-13-16-14(17-18-13)11(2)9-15/h3-6,11H,7-9,15H2,1-2H3. The maximum absolute atomic E-state index is 5.57. The number of nitrogens with two attached hydrogens (primary N) is 1. The van der Waals surface area contributed by atoms with Gasteiger partial charge >= 0.3 is 0 Å². The minimum Gasteiger partial charge on any atom is -0.339 e. The molecule has 0 aliphatic heterocycles. The maximum atomic E-state index is 5.57. The number of hydrogen-bond acceptors (Lipinski definition) is 4. The molecule has 4 nitrogen and oxygen atoms in total. The third-order valence-electron chi connectivity index (χ3n) is 3.03. The molecular weight excluding hydrogens is 226 g/mol. The van der Waals surface area contributed by atoms with Crippen molar-refractivity contribution in [3.05, 3.63) is 47.1 Å². The molecule has 2 aromatic rings. The third kappa shape index (κ3) is 3.17. The normalized spacial score (nSPS) is 12.6. The molecule has 2 rings (SSSR count). The molecule has 1 aromatic heterocycles. The Labute approximate surface area is 107 Å². The summed E-state index contributed by atoms with van der Waals surface area (Å²) in [6, 6.07) is 8.50. The number of benzene rings is 1. The molecule has 0 saturated heterocycles. The lowest BCUT2D eigenvalue weighted by Crippen LogP contribution is -2.10. The molecule has 2 N–H and O–H groups in total. The van der Waals surface area contributed by atoms with Gasteiger partial charge in [-0.15, -0.1) is 0 Å². The number of aryl methyl sites for hydroxylation is 3. The summed E-state index contributed by atoms with van der Waals surface area (Å²) >= 11 is 0. The second-order valence-electron chi connectivity index (χ2n) is 4.67. The Morgan fingerprint density at radius 2 is 1.94 bits per heavy atom. The highest BCUT2D eigenvalue weighted by Crippen LogP contribution is 2.12. The fourth-order valence-corrected chi connectivity index (χ4v) is 1.68. The van der Waals surface area contributed by atoms with E-state index in [1.165, 1.54) is 11.1 Å². The van der Waals surface area contributed by atoms with Gasteiger partial charge in [-0.2, -0.15) is 4.98 Å². The molecule has 1 heterocycles. The van der Waals surface area contributed by atoms with Crippen LogP contribution in [0.25, 0.3) is 0 Å². The van der Waals surface area contributed by atoms with E-state index < -0.39 is 0 Å². The predicted molar refractivity (Wildman–Crippen MR) is 70.4 cm³/mol. The van der Waals surface area contributed by atoms with Crippen molar-refractivity contribution < 1.29 is 4.52 Å².